The second-order valence-corrected chi connectivity index (χ2v) is 11.0. The SMILES string of the molecule is COCCCOc1cc(C[C@@H](C[C@H](N)[C@@H](O)C[C@H](C(=O)N[C@@H](C)CC(N)=O)C(C)C)C(C)C)ccc1OC.Cl. The second-order valence-electron chi connectivity index (χ2n) is 11.0. The summed E-state index contributed by atoms with van der Waals surface area (Å²) in [4.78, 5) is 24.0. The van der Waals surface area contributed by atoms with Crippen LogP contribution in [0.15, 0.2) is 18.2 Å². The van der Waals surface area contributed by atoms with Gasteiger partial charge < -0.3 is 36.1 Å². The molecule has 10 heteroatoms. The van der Waals surface area contributed by atoms with Crippen molar-refractivity contribution in [3.63, 3.8) is 0 Å². The number of carbonyl (C=O) groups is 2. The van der Waals surface area contributed by atoms with Gasteiger partial charge in [0, 0.05) is 44.6 Å². The van der Waals surface area contributed by atoms with Crippen molar-refractivity contribution in [1.82, 2.24) is 5.32 Å². The van der Waals surface area contributed by atoms with Gasteiger partial charge in [0.05, 0.1) is 19.8 Å². The van der Waals surface area contributed by atoms with E-state index in [1.165, 1.54) is 0 Å². The molecule has 1 aromatic carbocycles. The van der Waals surface area contributed by atoms with Crippen LogP contribution in [0.2, 0.25) is 0 Å². The number of nitrogens with two attached hydrogens (primary N) is 2. The van der Waals surface area contributed by atoms with E-state index in [1.807, 2.05) is 32.0 Å². The van der Waals surface area contributed by atoms with Crippen molar-refractivity contribution in [3.8, 4) is 11.5 Å². The fraction of sp³-hybridized carbons (Fsp3) is 0.724. The van der Waals surface area contributed by atoms with E-state index in [2.05, 4.69) is 19.2 Å². The first-order valence-electron chi connectivity index (χ1n) is 13.7. The van der Waals surface area contributed by atoms with Crippen LogP contribution in [0.4, 0.5) is 0 Å². The molecule has 2 amide bonds. The molecule has 0 aliphatic rings. The largest absolute Gasteiger partial charge is 0.493 e. The molecule has 0 saturated carbocycles. The van der Waals surface area contributed by atoms with Gasteiger partial charge in [0.25, 0.3) is 0 Å². The number of benzene rings is 1. The van der Waals surface area contributed by atoms with Gasteiger partial charge in [-0.05, 0) is 61.6 Å². The molecule has 0 fully saturated rings. The standard InChI is InChI=1S/C29H51N3O6.ClH/c1-18(2)22(14-21-9-10-26(37-7)27(15-21)38-12-8-11-36-6)16-24(30)25(33)17-23(19(3)4)29(35)32-20(5)13-28(31)34;/h9-10,15,18-20,22-25,33H,8,11-14,16-17,30H2,1-7H3,(H2,31,34)(H,32,35);1H/t20-,22-,23-,24-,25-;/m0./s1. The van der Waals surface area contributed by atoms with Crippen LogP contribution in [0, 0.1) is 23.7 Å². The lowest BCUT2D eigenvalue weighted by molar-refractivity contribution is -0.128. The lowest BCUT2D eigenvalue weighted by Crippen LogP contribution is -2.45. The molecule has 1 rings (SSSR count). The van der Waals surface area contributed by atoms with Crippen molar-refractivity contribution >= 4 is 24.2 Å². The number of primary amides is 1. The van der Waals surface area contributed by atoms with E-state index in [1.54, 1.807) is 21.1 Å². The number of hydrogen-bond donors (Lipinski definition) is 4. The van der Waals surface area contributed by atoms with Gasteiger partial charge in [-0.25, -0.2) is 0 Å². The molecule has 0 spiro atoms. The number of ether oxygens (including phenoxy) is 3. The van der Waals surface area contributed by atoms with Gasteiger partial charge in [-0.3, -0.25) is 9.59 Å². The number of carbonyl (C=O) groups excluding carboxylic acids is 2. The van der Waals surface area contributed by atoms with Crippen LogP contribution in [-0.4, -0.2) is 62.5 Å². The second kappa shape index (κ2) is 19.1. The summed E-state index contributed by atoms with van der Waals surface area (Å²) in [5.74, 6) is 0.839. The number of aliphatic hydroxyl groups is 1. The highest BCUT2D eigenvalue weighted by Crippen LogP contribution is 2.31. The number of methoxy groups -OCH3 is 2. The van der Waals surface area contributed by atoms with Crippen LogP contribution in [0.1, 0.15) is 65.9 Å². The fourth-order valence-corrected chi connectivity index (χ4v) is 4.57. The third-order valence-electron chi connectivity index (χ3n) is 7.02. The Bertz CT molecular complexity index is 854. The minimum absolute atomic E-state index is 0. The van der Waals surface area contributed by atoms with Crippen LogP contribution < -0.4 is 26.3 Å². The minimum Gasteiger partial charge on any atom is -0.493 e. The van der Waals surface area contributed by atoms with Crippen LogP contribution in [-0.2, 0) is 20.7 Å². The summed E-state index contributed by atoms with van der Waals surface area (Å²) in [6, 6.07) is 5.11. The Labute approximate surface area is 241 Å². The number of halogens is 1. The van der Waals surface area contributed by atoms with E-state index in [0.717, 1.165) is 18.4 Å². The molecule has 6 N–H and O–H groups in total. The zero-order valence-electron chi connectivity index (χ0n) is 24.8. The smallest absolute Gasteiger partial charge is 0.223 e. The Morgan fingerprint density at radius 3 is 2.21 bits per heavy atom. The maximum Gasteiger partial charge on any atom is 0.223 e. The van der Waals surface area contributed by atoms with E-state index >= 15 is 0 Å². The molecule has 0 heterocycles. The molecule has 5 atom stereocenters. The van der Waals surface area contributed by atoms with Crippen molar-refractivity contribution in [3.05, 3.63) is 23.8 Å². The molecule has 0 aliphatic carbocycles. The molecule has 0 saturated heterocycles. The van der Waals surface area contributed by atoms with Crippen molar-refractivity contribution < 1.29 is 28.9 Å². The topological polar surface area (TPSA) is 146 Å². The Hall–Kier alpha value is -2.07. The Morgan fingerprint density at radius 2 is 1.67 bits per heavy atom. The van der Waals surface area contributed by atoms with Crippen LogP contribution >= 0.6 is 12.4 Å². The lowest BCUT2D eigenvalue weighted by atomic mass is 9.80. The molecule has 0 aliphatic heterocycles. The monoisotopic (exact) mass is 573 g/mol. The van der Waals surface area contributed by atoms with Crippen molar-refractivity contribution in [2.45, 2.75) is 84.9 Å². The summed E-state index contributed by atoms with van der Waals surface area (Å²) in [5.41, 5.74) is 12.8. The molecular formula is C29H52ClN3O6. The lowest BCUT2D eigenvalue weighted by Gasteiger charge is -2.30. The number of aliphatic hydroxyl groups excluding tert-OH is 1. The fourth-order valence-electron chi connectivity index (χ4n) is 4.57. The molecule has 39 heavy (non-hydrogen) atoms. The Kier molecular flexibility index (Phi) is 18.1. The zero-order valence-corrected chi connectivity index (χ0v) is 25.6. The summed E-state index contributed by atoms with van der Waals surface area (Å²) in [6.45, 7) is 11.1. The summed E-state index contributed by atoms with van der Waals surface area (Å²) in [7, 11) is 3.29. The van der Waals surface area contributed by atoms with Crippen LogP contribution in [0.3, 0.4) is 0 Å². The van der Waals surface area contributed by atoms with Crippen molar-refractivity contribution in [2.75, 3.05) is 27.4 Å². The summed E-state index contributed by atoms with van der Waals surface area (Å²) in [6.07, 6.45) is 1.65. The minimum atomic E-state index is -0.837. The van der Waals surface area contributed by atoms with Crippen LogP contribution in [0.25, 0.3) is 0 Å². The first-order valence-corrected chi connectivity index (χ1v) is 13.7. The summed E-state index contributed by atoms with van der Waals surface area (Å²) >= 11 is 0. The number of nitrogens with one attached hydrogen (secondary N) is 1. The third kappa shape index (κ3) is 13.7. The van der Waals surface area contributed by atoms with Gasteiger partial charge >= 0.3 is 0 Å². The van der Waals surface area contributed by atoms with Crippen LogP contribution in [0.5, 0.6) is 11.5 Å². The van der Waals surface area contributed by atoms with Gasteiger partial charge in [-0.1, -0.05) is 33.8 Å². The predicted octanol–water partition coefficient (Wildman–Crippen LogP) is 3.47. The zero-order chi connectivity index (χ0) is 28.8. The Balaban J connectivity index is 0.0000144. The normalized spacial score (nSPS) is 15.2. The molecular weight excluding hydrogens is 522 g/mol. The molecule has 0 aromatic heterocycles. The molecule has 9 nitrogen and oxygen atoms in total. The number of rotatable bonds is 19. The molecule has 1 aromatic rings. The first-order chi connectivity index (χ1) is 17.9. The highest BCUT2D eigenvalue weighted by molar-refractivity contribution is 5.85. The van der Waals surface area contributed by atoms with Crippen molar-refractivity contribution in [1.29, 1.82) is 0 Å². The van der Waals surface area contributed by atoms with E-state index in [4.69, 9.17) is 25.7 Å². The average Bonchev–Trinajstić information content (AvgIpc) is 2.83. The van der Waals surface area contributed by atoms with Crippen molar-refractivity contribution in [2.24, 2.45) is 35.1 Å². The third-order valence-corrected chi connectivity index (χ3v) is 7.02. The predicted molar refractivity (Wildman–Crippen MR) is 157 cm³/mol. The van der Waals surface area contributed by atoms with Gasteiger partial charge in [-0.2, -0.15) is 0 Å². The maximum absolute atomic E-state index is 12.9. The maximum atomic E-state index is 12.9. The summed E-state index contributed by atoms with van der Waals surface area (Å²) in [5, 5.41) is 13.8. The van der Waals surface area contributed by atoms with E-state index < -0.39 is 24.0 Å². The molecule has 0 radical (unpaired) electrons. The highest BCUT2D eigenvalue weighted by Gasteiger charge is 2.30. The van der Waals surface area contributed by atoms with E-state index in [0.29, 0.717) is 37.1 Å². The molecule has 0 unspecified atom stereocenters. The first kappa shape index (κ1) is 36.9. The van der Waals surface area contributed by atoms with Gasteiger partial charge in [0.2, 0.25) is 11.8 Å². The van der Waals surface area contributed by atoms with Gasteiger partial charge in [0.1, 0.15) is 0 Å². The highest BCUT2D eigenvalue weighted by atomic mass is 35.5. The molecule has 226 valence electrons. The quantitative estimate of drug-likeness (QED) is 0.185. The summed E-state index contributed by atoms with van der Waals surface area (Å²) < 4.78 is 16.5. The number of amides is 2. The van der Waals surface area contributed by atoms with Gasteiger partial charge in [0.15, 0.2) is 11.5 Å². The Morgan fingerprint density at radius 1 is 1.00 bits per heavy atom. The van der Waals surface area contributed by atoms with Gasteiger partial charge in [-0.15, -0.1) is 12.4 Å². The van der Waals surface area contributed by atoms with E-state index in [-0.39, 0.29) is 49.0 Å². The average molecular weight is 574 g/mol. The molecule has 0 bridgehead atoms. The number of hydrogen-bond acceptors (Lipinski definition) is 7. The van der Waals surface area contributed by atoms with E-state index in [9.17, 15) is 14.7 Å².